The van der Waals surface area contributed by atoms with Crippen LogP contribution in [-0.2, 0) is 4.74 Å². The number of ether oxygens (including phenoxy) is 1. The molecule has 1 heterocycles. The van der Waals surface area contributed by atoms with Gasteiger partial charge in [-0.3, -0.25) is 0 Å². The van der Waals surface area contributed by atoms with Gasteiger partial charge in [-0.1, -0.05) is 11.8 Å². The summed E-state index contributed by atoms with van der Waals surface area (Å²) >= 11 is 0. The Balaban J connectivity index is 1.86. The molecule has 23 heavy (non-hydrogen) atoms. The van der Waals surface area contributed by atoms with Crippen LogP contribution >= 0.6 is 0 Å². The third kappa shape index (κ3) is 5.72. The normalized spacial score (nSPS) is 11.6. The van der Waals surface area contributed by atoms with E-state index in [2.05, 4.69) is 28.7 Å². The molecule has 0 saturated heterocycles. The van der Waals surface area contributed by atoms with E-state index < -0.39 is 0 Å². The first-order chi connectivity index (χ1) is 11.2. The zero-order chi connectivity index (χ0) is 16.5. The smallest absolute Gasteiger partial charge is 0.159 e. The molecule has 0 amide bonds. The average molecular weight is 310 g/mol. The minimum atomic E-state index is 0.0647. The van der Waals surface area contributed by atoms with Gasteiger partial charge in [-0.15, -0.1) is 0 Å². The van der Waals surface area contributed by atoms with E-state index in [9.17, 15) is 5.11 Å². The molecule has 2 rings (SSSR count). The fraction of sp³-hybridized carbons (Fsp3) is 0.368. The van der Waals surface area contributed by atoms with Crippen LogP contribution in [0.1, 0.15) is 38.7 Å². The van der Waals surface area contributed by atoms with E-state index in [1.807, 2.05) is 31.2 Å². The predicted molar refractivity (Wildman–Crippen MR) is 90.9 cm³/mol. The molecule has 120 valence electrons. The topological polar surface area (TPSA) is 55.2 Å². The van der Waals surface area contributed by atoms with Gasteiger partial charge in [0.2, 0.25) is 0 Å². The molecule has 2 aromatic rings. The van der Waals surface area contributed by atoms with E-state index >= 15 is 0 Å². The number of aromatic nitrogens is 2. The van der Waals surface area contributed by atoms with E-state index in [4.69, 9.17) is 4.74 Å². The molecule has 1 atom stereocenters. The molecule has 0 aliphatic rings. The van der Waals surface area contributed by atoms with Crippen LogP contribution in [0.4, 0.5) is 0 Å². The molecular weight excluding hydrogens is 288 g/mol. The van der Waals surface area contributed by atoms with E-state index in [-0.39, 0.29) is 5.75 Å². The Kier molecular flexibility index (Phi) is 6.58. The van der Waals surface area contributed by atoms with E-state index in [0.717, 1.165) is 37.0 Å². The molecule has 1 aromatic carbocycles. The van der Waals surface area contributed by atoms with Gasteiger partial charge in [0.25, 0.3) is 0 Å². The minimum Gasteiger partial charge on any atom is -0.505 e. The quantitative estimate of drug-likeness (QED) is 0.651. The zero-order valence-corrected chi connectivity index (χ0v) is 13.6. The van der Waals surface area contributed by atoms with Gasteiger partial charge in [0.05, 0.1) is 18.5 Å². The monoisotopic (exact) mass is 310 g/mol. The SMILES string of the molecule is CCOC(C)CCCC#Cc1ccc(-c2ncc(O)cn2)cc1. The van der Waals surface area contributed by atoms with Crippen molar-refractivity contribution >= 4 is 0 Å². The molecule has 0 saturated carbocycles. The van der Waals surface area contributed by atoms with Crippen molar-refractivity contribution in [2.75, 3.05) is 6.61 Å². The molecule has 0 spiro atoms. The maximum Gasteiger partial charge on any atom is 0.159 e. The summed E-state index contributed by atoms with van der Waals surface area (Å²) in [5.74, 6) is 7.02. The number of rotatable bonds is 6. The van der Waals surface area contributed by atoms with Crippen molar-refractivity contribution in [1.82, 2.24) is 9.97 Å². The molecule has 0 bridgehead atoms. The third-order valence-electron chi connectivity index (χ3n) is 3.38. The molecule has 0 radical (unpaired) electrons. The van der Waals surface area contributed by atoms with Gasteiger partial charge in [0.15, 0.2) is 11.6 Å². The summed E-state index contributed by atoms with van der Waals surface area (Å²) in [7, 11) is 0. The van der Waals surface area contributed by atoms with E-state index in [1.54, 1.807) is 0 Å². The molecule has 1 aromatic heterocycles. The molecular formula is C19H22N2O2. The van der Waals surface area contributed by atoms with Crippen molar-refractivity contribution in [3.8, 4) is 29.0 Å². The van der Waals surface area contributed by atoms with Gasteiger partial charge in [0.1, 0.15) is 0 Å². The first-order valence-corrected chi connectivity index (χ1v) is 7.91. The van der Waals surface area contributed by atoms with Crippen LogP contribution in [0.2, 0.25) is 0 Å². The second kappa shape index (κ2) is 8.92. The van der Waals surface area contributed by atoms with Crippen molar-refractivity contribution in [2.45, 2.75) is 39.2 Å². The third-order valence-corrected chi connectivity index (χ3v) is 3.38. The Bertz CT molecular complexity index is 655. The molecule has 0 fully saturated rings. The maximum absolute atomic E-state index is 9.20. The summed E-state index contributed by atoms with van der Waals surface area (Å²) in [6, 6.07) is 7.80. The second-order valence-electron chi connectivity index (χ2n) is 5.30. The molecule has 0 aliphatic carbocycles. The summed E-state index contributed by atoms with van der Waals surface area (Å²) < 4.78 is 5.49. The average Bonchev–Trinajstić information content (AvgIpc) is 2.56. The molecule has 1 N–H and O–H groups in total. The Hall–Kier alpha value is -2.38. The highest BCUT2D eigenvalue weighted by Gasteiger charge is 2.01. The zero-order valence-electron chi connectivity index (χ0n) is 13.6. The number of hydrogen-bond acceptors (Lipinski definition) is 4. The highest BCUT2D eigenvalue weighted by molar-refractivity contribution is 5.56. The van der Waals surface area contributed by atoms with Crippen LogP contribution in [0, 0.1) is 11.8 Å². The van der Waals surface area contributed by atoms with E-state index in [1.165, 1.54) is 12.4 Å². The first-order valence-electron chi connectivity index (χ1n) is 7.91. The van der Waals surface area contributed by atoms with Crippen molar-refractivity contribution in [3.63, 3.8) is 0 Å². The predicted octanol–water partition coefficient (Wildman–Crippen LogP) is 3.80. The summed E-state index contributed by atoms with van der Waals surface area (Å²) in [5, 5.41) is 9.20. The van der Waals surface area contributed by atoms with Gasteiger partial charge in [-0.25, -0.2) is 9.97 Å². The lowest BCUT2D eigenvalue weighted by Crippen LogP contribution is -2.06. The summed E-state index contributed by atoms with van der Waals surface area (Å²) in [6.07, 6.45) is 6.05. The Morgan fingerprint density at radius 2 is 1.87 bits per heavy atom. The van der Waals surface area contributed by atoms with Crippen LogP contribution in [0.15, 0.2) is 36.7 Å². The Labute approximate surface area is 137 Å². The number of hydrogen-bond donors (Lipinski definition) is 1. The summed E-state index contributed by atoms with van der Waals surface area (Å²) in [5.41, 5.74) is 1.88. The summed E-state index contributed by atoms with van der Waals surface area (Å²) in [6.45, 7) is 4.88. The summed E-state index contributed by atoms with van der Waals surface area (Å²) in [4.78, 5) is 8.17. The van der Waals surface area contributed by atoms with Gasteiger partial charge in [0, 0.05) is 24.2 Å². The minimum absolute atomic E-state index is 0.0647. The van der Waals surface area contributed by atoms with Crippen LogP contribution in [0.3, 0.4) is 0 Å². The molecule has 4 nitrogen and oxygen atoms in total. The van der Waals surface area contributed by atoms with E-state index in [0.29, 0.717) is 11.9 Å². The fourth-order valence-corrected chi connectivity index (χ4v) is 2.18. The highest BCUT2D eigenvalue weighted by atomic mass is 16.5. The Morgan fingerprint density at radius 1 is 1.17 bits per heavy atom. The maximum atomic E-state index is 9.20. The second-order valence-corrected chi connectivity index (χ2v) is 5.30. The standard InChI is InChI=1S/C19H22N2O2/c1-3-23-15(2)7-5-4-6-8-16-9-11-17(12-10-16)19-20-13-18(22)14-21-19/h9-15,22H,3-5,7H2,1-2H3. The fourth-order valence-electron chi connectivity index (χ4n) is 2.18. The van der Waals surface area contributed by atoms with Gasteiger partial charge < -0.3 is 9.84 Å². The van der Waals surface area contributed by atoms with Crippen LogP contribution in [-0.4, -0.2) is 27.8 Å². The highest BCUT2D eigenvalue weighted by Crippen LogP contribution is 2.16. The van der Waals surface area contributed by atoms with Crippen LogP contribution in [0.25, 0.3) is 11.4 Å². The molecule has 4 heteroatoms. The lowest BCUT2D eigenvalue weighted by atomic mass is 10.1. The first kappa shape index (κ1) is 17.0. The van der Waals surface area contributed by atoms with Gasteiger partial charge >= 0.3 is 0 Å². The lowest BCUT2D eigenvalue weighted by molar-refractivity contribution is 0.0692. The van der Waals surface area contributed by atoms with Crippen molar-refractivity contribution in [1.29, 1.82) is 0 Å². The van der Waals surface area contributed by atoms with Crippen molar-refractivity contribution < 1.29 is 9.84 Å². The lowest BCUT2D eigenvalue weighted by Gasteiger charge is -2.09. The van der Waals surface area contributed by atoms with Crippen molar-refractivity contribution in [3.05, 3.63) is 42.2 Å². The van der Waals surface area contributed by atoms with Gasteiger partial charge in [-0.05, 0) is 51.0 Å². The molecule has 0 aliphatic heterocycles. The van der Waals surface area contributed by atoms with Gasteiger partial charge in [-0.2, -0.15) is 0 Å². The Morgan fingerprint density at radius 3 is 2.52 bits per heavy atom. The van der Waals surface area contributed by atoms with Crippen LogP contribution < -0.4 is 0 Å². The van der Waals surface area contributed by atoms with Crippen molar-refractivity contribution in [2.24, 2.45) is 0 Å². The number of unbranched alkanes of at least 4 members (excludes halogenated alkanes) is 1. The van der Waals surface area contributed by atoms with Crippen LogP contribution in [0.5, 0.6) is 5.75 Å². The number of benzene rings is 1. The molecule has 1 unspecified atom stereocenters. The number of nitrogens with zero attached hydrogens (tertiary/aromatic N) is 2. The number of aromatic hydroxyl groups is 1. The largest absolute Gasteiger partial charge is 0.505 e.